The van der Waals surface area contributed by atoms with Crippen LogP contribution in [0.4, 0.5) is 0 Å². The van der Waals surface area contributed by atoms with Crippen molar-refractivity contribution in [2.75, 3.05) is 0 Å². The smallest absolute Gasteiger partial charge is 0.181 e. The maximum atomic E-state index is 13.0. The van der Waals surface area contributed by atoms with Crippen molar-refractivity contribution in [2.24, 2.45) is 0 Å². The molecule has 0 radical (unpaired) electrons. The Morgan fingerprint density at radius 1 is 1.31 bits per heavy atom. The maximum absolute atomic E-state index is 13.0. The first-order valence-corrected chi connectivity index (χ1v) is 9.26. The van der Waals surface area contributed by atoms with Crippen LogP contribution >= 0.6 is 0 Å². The van der Waals surface area contributed by atoms with Gasteiger partial charge < -0.3 is 5.11 Å². The fourth-order valence-electron chi connectivity index (χ4n) is 3.23. The van der Waals surface area contributed by atoms with Crippen LogP contribution in [-0.2, 0) is 0 Å². The Labute approximate surface area is 154 Å². The van der Waals surface area contributed by atoms with Crippen LogP contribution in [-0.4, -0.2) is 26.8 Å². The van der Waals surface area contributed by atoms with Gasteiger partial charge in [-0.05, 0) is 58.1 Å². The van der Waals surface area contributed by atoms with Gasteiger partial charge in [-0.25, -0.2) is 0 Å². The highest BCUT2D eigenvalue weighted by Gasteiger charge is 2.35. The van der Waals surface area contributed by atoms with Crippen LogP contribution in [0, 0.1) is 11.3 Å². The SMILES string of the molecule is CC(C)n1nc(-c2ccc(C#N)cc2)c(C2CC2)c1C(=O)CC[C@@H](C)O. The molecule has 0 unspecified atom stereocenters. The third-order valence-electron chi connectivity index (χ3n) is 4.76. The van der Waals surface area contributed by atoms with Crippen molar-refractivity contribution >= 4 is 5.78 Å². The molecule has 1 saturated carbocycles. The summed E-state index contributed by atoms with van der Waals surface area (Å²) in [7, 11) is 0. The van der Waals surface area contributed by atoms with E-state index >= 15 is 0 Å². The van der Waals surface area contributed by atoms with E-state index in [2.05, 4.69) is 6.07 Å². The molecule has 1 aliphatic rings. The van der Waals surface area contributed by atoms with Crippen LogP contribution in [0.15, 0.2) is 24.3 Å². The van der Waals surface area contributed by atoms with Crippen LogP contribution in [0.3, 0.4) is 0 Å². The first-order chi connectivity index (χ1) is 12.4. The highest BCUT2D eigenvalue weighted by atomic mass is 16.3. The quantitative estimate of drug-likeness (QED) is 0.757. The predicted octanol–water partition coefficient (Wildman–Crippen LogP) is 4.22. The normalized spacial score (nSPS) is 15.1. The van der Waals surface area contributed by atoms with Crippen LogP contribution < -0.4 is 0 Å². The third-order valence-corrected chi connectivity index (χ3v) is 4.76. The highest BCUT2D eigenvalue weighted by Crippen LogP contribution is 2.46. The molecule has 3 rings (SSSR count). The summed E-state index contributed by atoms with van der Waals surface area (Å²) < 4.78 is 1.84. The number of Topliss-reactive ketones (excluding diaryl/α,β-unsaturated/α-hetero) is 1. The first-order valence-electron chi connectivity index (χ1n) is 9.26. The summed E-state index contributed by atoms with van der Waals surface area (Å²) in [6.07, 6.45) is 2.44. The molecular weight excluding hydrogens is 326 g/mol. The molecule has 2 aromatic rings. The summed E-state index contributed by atoms with van der Waals surface area (Å²) in [6.45, 7) is 5.76. The van der Waals surface area contributed by atoms with Crippen molar-refractivity contribution in [1.82, 2.24) is 9.78 Å². The first kappa shape index (κ1) is 18.3. The van der Waals surface area contributed by atoms with Gasteiger partial charge in [0, 0.05) is 23.6 Å². The van der Waals surface area contributed by atoms with Crippen molar-refractivity contribution in [3.63, 3.8) is 0 Å². The molecule has 0 aliphatic heterocycles. The predicted molar refractivity (Wildman–Crippen MR) is 100.0 cm³/mol. The number of ketones is 1. The number of aliphatic hydroxyl groups is 1. The second-order valence-electron chi connectivity index (χ2n) is 7.42. The molecule has 0 spiro atoms. The average molecular weight is 351 g/mol. The Morgan fingerprint density at radius 3 is 2.46 bits per heavy atom. The summed E-state index contributed by atoms with van der Waals surface area (Å²) in [5, 5.41) is 23.4. The van der Waals surface area contributed by atoms with Gasteiger partial charge in [-0.2, -0.15) is 10.4 Å². The number of nitrogens with zero attached hydrogens (tertiary/aromatic N) is 3. The van der Waals surface area contributed by atoms with Gasteiger partial charge in [0.05, 0.1) is 23.4 Å². The summed E-state index contributed by atoms with van der Waals surface area (Å²) in [5.74, 6) is 0.424. The van der Waals surface area contributed by atoms with E-state index in [1.54, 1.807) is 19.1 Å². The second-order valence-corrected chi connectivity index (χ2v) is 7.42. The molecule has 0 bridgehead atoms. The highest BCUT2D eigenvalue weighted by molar-refractivity contribution is 5.98. The molecule has 26 heavy (non-hydrogen) atoms. The molecule has 1 atom stereocenters. The van der Waals surface area contributed by atoms with Crippen LogP contribution in [0.5, 0.6) is 0 Å². The summed E-state index contributed by atoms with van der Waals surface area (Å²) in [4.78, 5) is 13.0. The van der Waals surface area contributed by atoms with E-state index < -0.39 is 6.10 Å². The van der Waals surface area contributed by atoms with E-state index in [0.29, 0.717) is 30.0 Å². The lowest BCUT2D eigenvalue weighted by molar-refractivity contribution is 0.0936. The standard InChI is InChI=1S/C21H25N3O2/c1-13(2)24-21(18(26)11-4-14(3)25)19(16-9-10-16)20(23-24)17-7-5-15(12-22)6-8-17/h5-8,13-14,16,25H,4,9-11H2,1-3H3/t14-/m1/s1. The average Bonchev–Trinajstić information content (AvgIpc) is 3.38. The van der Waals surface area contributed by atoms with Crippen molar-refractivity contribution in [2.45, 2.75) is 64.5 Å². The lowest BCUT2D eigenvalue weighted by atomic mass is 9.97. The molecule has 1 fully saturated rings. The van der Waals surface area contributed by atoms with Crippen LogP contribution in [0.2, 0.25) is 0 Å². The van der Waals surface area contributed by atoms with Crippen molar-refractivity contribution in [3.8, 4) is 17.3 Å². The Kier molecular flexibility index (Phi) is 5.24. The fraction of sp³-hybridized carbons (Fsp3) is 0.476. The largest absolute Gasteiger partial charge is 0.393 e. The summed E-state index contributed by atoms with van der Waals surface area (Å²) >= 11 is 0. The van der Waals surface area contributed by atoms with Gasteiger partial charge in [0.1, 0.15) is 5.69 Å². The molecule has 5 heteroatoms. The summed E-state index contributed by atoms with van der Waals surface area (Å²) in [5.41, 5.74) is 4.14. The number of rotatable bonds is 7. The number of carbonyl (C=O) groups is 1. The van der Waals surface area contributed by atoms with Gasteiger partial charge in [0.2, 0.25) is 0 Å². The van der Waals surface area contributed by atoms with Crippen molar-refractivity contribution < 1.29 is 9.90 Å². The van der Waals surface area contributed by atoms with Crippen molar-refractivity contribution in [3.05, 3.63) is 41.1 Å². The molecular formula is C21H25N3O2. The monoisotopic (exact) mass is 351 g/mol. The number of aromatic nitrogens is 2. The molecule has 136 valence electrons. The van der Waals surface area contributed by atoms with Gasteiger partial charge in [-0.3, -0.25) is 9.48 Å². The second kappa shape index (κ2) is 7.43. The number of nitriles is 1. The molecule has 1 aliphatic carbocycles. The minimum Gasteiger partial charge on any atom is -0.393 e. The zero-order valence-corrected chi connectivity index (χ0v) is 15.6. The Balaban J connectivity index is 2.09. The van der Waals surface area contributed by atoms with E-state index in [1.807, 2.05) is 30.7 Å². The Hall–Kier alpha value is -2.45. The number of hydrogen-bond donors (Lipinski definition) is 1. The van der Waals surface area contributed by atoms with E-state index in [-0.39, 0.29) is 11.8 Å². The molecule has 0 saturated heterocycles. The van der Waals surface area contributed by atoms with Crippen LogP contribution in [0.25, 0.3) is 11.3 Å². The molecule has 1 aromatic carbocycles. The number of hydrogen-bond acceptors (Lipinski definition) is 4. The van der Waals surface area contributed by atoms with E-state index in [4.69, 9.17) is 10.4 Å². The van der Waals surface area contributed by atoms with Gasteiger partial charge in [-0.15, -0.1) is 0 Å². The van der Waals surface area contributed by atoms with Gasteiger partial charge in [0.25, 0.3) is 0 Å². The van der Waals surface area contributed by atoms with Gasteiger partial charge >= 0.3 is 0 Å². The molecule has 1 aromatic heterocycles. The number of benzene rings is 1. The van der Waals surface area contributed by atoms with Gasteiger partial charge in [-0.1, -0.05) is 12.1 Å². The Bertz CT molecular complexity index is 837. The maximum Gasteiger partial charge on any atom is 0.181 e. The lowest BCUT2D eigenvalue weighted by Crippen LogP contribution is -2.15. The van der Waals surface area contributed by atoms with E-state index in [0.717, 1.165) is 29.7 Å². The number of carbonyl (C=O) groups excluding carboxylic acids is 1. The summed E-state index contributed by atoms with van der Waals surface area (Å²) in [6, 6.07) is 9.59. The number of aliphatic hydroxyl groups excluding tert-OH is 1. The molecule has 1 N–H and O–H groups in total. The molecule has 1 heterocycles. The zero-order chi connectivity index (χ0) is 18.8. The fourth-order valence-corrected chi connectivity index (χ4v) is 3.23. The van der Waals surface area contributed by atoms with E-state index in [1.165, 1.54) is 0 Å². The van der Waals surface area contributed by atoms with Gasteiger partial charge in [0.15, 0.2) is 5.78 Å². The minimum atomic E-state index is -0.489. The van der Waals surface area contributed by atoms with E-state index in [9.17, 15) is 9.90 Å². The van der Waals surface area contributed by atoms with Crippen LogP contribution in [0.1, 0.15) is 80.0 Å². The zero-order valence-electron chi connectivity index (χ0n) is 15.6. The molecule has 5 nitrogen and oxygen atoms in total. The molecule has 0 amide bonds. The third kappa shape index (κ3) is 3.71. The lowest BCUT2D eigenvalue weighted by Gasteiger charge is -2.12. The topological polar surface area (TPSA) is 78.9 Å². The Morgan fingerprint density at radius 2 is 1.96 bits per heavy atom. The van der Waals surface area contributed by atoms with Crippen molar-refractivity contribution in [1.29, 1.82) is 5.26 Å². The minimum absolute atomic E-state index is 0.0499.